The predicted octanol–water partition coefficient (Wildman–Crippen LogP) is 1.10. The fourth-order valence-corrected chi connectivity index (χ4v) is 3.35. The third kappa shape index (κ3) is 4.45. The molecule has 0 atom stereocenters. The van der Waals surface area contributed by atoms with Gasteiger partial charge in [-0.05, 0) is 35.7 Å². The summed E-state index contributed by atoms with van der Waals surface area (Å²) in [6.45, 7) is 0.428. The molecule has 2 heterocycles. The quantitative estimate of drug-likeness (QED) is 0.471. The molecule has 0 radical (unpaired) electrons. The van der Waals surface area contributed by atoms with Gasteiger partial charge in [0.15, 0.2) is 5.75 Å². The molecule has 2 aromatic heterocycles. The fourth-order valence-electron chi connectivity index (χ4n) is 3.35. The van der Waals surface area contributed by atoms with Crippen molar-refractivity contribution in [3.8, 4) is 5.75 Å². The zero-order valence-electron chi connectivity index (χ0n) is 17.9. The van der Waals surface area contributed by atoms with Gasteiger partial charge >= 0.3 is 0 Å². The number of aryl methyl sites for hydroxylation is 1. The average Bonchev–Trinajstić information content (AvgIpc) is 2.78. The van der Waals surface area contributed by atoms with Crippen LogP contribution in [0.4, 0.5) is 4.39 Å². The van der Waals surface area contributed by atoms with Gasteiger partial charge in [0.2, 0.25) is 0 Å². The van der Waals surface area contributed by atoms with Gasteiger partial charge < -0.3 is 25.0 Å². The Morgan fingerprint density at radius 2 is 2.00 bits per heavy atom. The lowest BCUT2D eigenvalue weighted by Crippen LogP contribution is -2.34. The van der Waals surface area contributed by atoms with E-state index in [1.807, 2.05) is 0 Å². The first-order valence-corrected chi connectivity index (χ1v) is 9.76. The largest absolute Gasteiger partial charge is 0.505 e. The molecule has 2 amide bonds. The van der Waals surface area contributed by atoms with E-state index in [1.165, 1.54) is 44.1 Å². The number of carbonyl (C=O) groups is 2. The number of rotatable bonds is 7. The van der Waals surface area contributed by atoms with E-state index in [0.29, 0.717) is 16.6 Å². The van der Waals surface area contributed by atoms with Crippen LogP contribution in [0.15, 0.2) is 35.3 Å². The van der Waals surface area contributed by atoms with Crippen LogP contribution >= 0.6 is 0 Å². The summed E-state index contributed by atoms with van der Waals surface area (Å²) in [6.07, 6.45) is 1.70. The number of methoxy groups -OCH3 is 1. The molecular formula is C22H23FN4O5. The van der Waals surface area contributed by atoms with Crippen molar-refractivity contribution in [3.63, 3.8) is 0 Å². The number of pyridine rings is 2. The average molecular weight is 442 g/mol. The van der Waals surface area contributed by atoms with Gasteiger partial charge in [-0.15, -0.1) is 0 Å². The standard InChI is InChI=1S/C22H23FN4O5/c1-24-20(29)15-10-14(23)5-4-13(15)8-12-9-16-18(26-11-12)19(28)17(22(31)27(16)2)21(30)25-6-7-32-3/h4-5,9-11,28H,6-8H2,1-3H3,(H,24,29)(H,25,30). The molecule has 1 aromatic carbocycles. The van der Waals surface area contributed by atoms with E-state index in [4.69, 9.17) is 4.74 Å². The van der Waals surface area contributed by atoms with Gasteiger partial charge in [0, 0.05) is 39.5 Å². The summed E-state index contributed by atoms with van der Waals surface area (Å²) >= 11 is 0. The normalized spacial score (nSPS) is 10.9. The van der Waals surface area contributed by atoms with Crippen molar-refractivity contribution in [1.29, 1.82) is 0 Å². The second kappa shape index (κ2) is 9.56. The molecule has 0 aliphatic rings. The molecule has 0 saturated heterocycles. The molecular weight excluding hydrogens is 419 g/mol. The molecule has 168 valence electrons. The van der Waals surface area contributed by atoms with Crippen molar-refractivity contribution < 1.29 is 23.8 Å². The Balaban J connectivity index is 2.03. The summed E-state index contributed by atoms with van der Waals surface area (Å²) in [4.78, 5) is 41.5. The summed E-state index contributed by atoms with van der Waals surface area (Å²) in [6, 6.07) is 5.55. The number of aromatic hydroxyl groups is 1. The molecule has 9 nitrogen and oxygen atoms in total. The van der Waals surface area contributed by atoms with Crippen LogP contribution in [0.5, 0.6) is 5.75 Å². The molecule has 10 heteroatoms. The van der Waals surface area contributed by atoms with Gasteiger partial charge in [0.05, 0.1) is 12.1 Å². The Morgan fingerprint density at radius 3 is 2.69 bits per heavy atom. The molecule has 0 aliphatic carbocycles. The van der Waals surface area contributed by atoms with Gasteiger partial charge in [0.25, 0.3) is 17.4 Å². The Labute approximate surface area is 182 Å². The van der Waals surface area contributed by atoms with Crippen molar-refractivity contribution in [3.05, 3.63) is 68.9 Å². The molecule has 3 rings (SSSR count). The van der Waals surface area contributed by atoms with Crippen LogP contribution in [0.3, 0.4) is 0 Å². The molecule has 0 saturated carbocycles. The van der Waals surface area contributed by atoms with E-state index in [1.54, 1.807) is 6.07 Å². The van der Waals surface area contributed by atoms with Crippen LogP contribution in [0.2, 0.25) is 0 Å². The molecule has 3 aromatic rings. The summed E-state index contributed by atoms with van der Waals surface area (Å²) in [7, 11) is 4.40. The minimum Gasteiger partial charge on any atom is -0.505 e. The topological polar surface area (TPSA) is 123 Å². The third-order valence-electron chi connectivity index (χ3n) is 5.02. The Hall–Kier alpha value is -3.79. The van der Waals surface area contributed by atoms with E-state index >= 15 is 0 Å². The lowest BCUT2D eigenvalue weighted by molar-refractivity contribution is 0.0930. The van der Waals surface area contributed by atoms with Crippen molar-refractivity contribution in [2.45, 2.75) is 6.42 Å². The second-order valence-corrected chi connectivity index (χ2v) is 7.11. The van der Waals surface area contributed by atoms with E-state index in [0.717, 1.165) is 6.07 Å². The SMILES string of the molecule is CNC(=O)c1cc(F)ccc1Cc1cnc2c(O)c(C(=O)NCCOC)c(=O)n(C)c2c1. The van der Waals surface area contributed by atoms with Gasteiger partial charge in [0.1, 0.15) is 16.9 Å². The van der Waals surface area contributed by atoms with Gasteiger partial charge in [-0.3, -0.25) is 19.4 Å². The van der Waals surface area contributed by atoms with Crippen molar-refractivity contribution in [2.24, 2.45) is 7.05 Å². The number of hydrogen-bond donors (Lipinski definition) is 3. The zero-order chi connectivity index (χ0) is 23.4. The maximum atomic E-state index is 13.6. The van der Waals surface area contributed by atoms with Crippen molar-refractivity contribution in [1.82, 2.24) is 20.2 Å². The highest BCUT2D eigenvalue weighted by Gasteiger charge is 2.22. The Bertz CT molecular complexity index is 1260. The Morgan fingerprint density at radius 1 is 1.25 bits per heavy atom. The van der Waals surface area contributed by atoms with Crippen LogP contribution in [-0.4, -0.2) is 53.8 Å². The van der Waals surface area contributed by atoms with E-state index < -0.39 is 34.5 Å². The molecule has 0 unspecified atom stereocenters. The number of halogens is 1. The van der Waals surface area contributed by atoms with Crippen LogP contribution in [0.1, 0.15) is 31.8 Å². The van der Waals surface area contributed by atoms with Gasteiger partial charge in [-0.2, -0.15) is 0 Å². The highest BCUT2D eigenvalue weighted by molar-refractivity contribution is 6.01. The molecule has 0 spiro atoms. The molecule has 0 bridgehead atoms. The highest BCUT2D eigenvalue weighted by Crippen LogP contribution is 2.26. The van der Waals surface area contributed by atoms with Crippen LogP contribution < -0.4 is 16.2 Å². The molecule has 32 heavy (non-hydrogen) atoms. The predicted molar refractivity (Wildman–Crippen MR) is 115 cm³/mol. The van der Waals surface area contributed by atoms with Gasteiger partial charge in [-0.25, -0.2) is 4.39 Å². The smallest absolute Gasteiger partial charge is 0.267 e. The first kappa shape index (κ1) is 22.9. The maximum absolute atomic E-state index is 13.6. The van der Waals surface area contributed by atoms with Crippen LogP contribution in [0.25, 0.3) is 11.0 Å². The number of hydrogen-bond acceptors (Lipinski definition) is 6. The fraction of sp³-hybridized carbons (Fsp3) is 0.273. The number of carbonyl (C=O) groups excluding carboxylic acids is 2. The van der Waals surface area contributed by atoms with Crippen molar-refractivity contribution in [2.75, 3.05) is 27.3 Å². The van der Waals surface area contributed by atoms with Crippen LogP contribution in [-0.2, 0) is 18.2 Å². The summed E-state index contributed by atoms with van der Waals surface area (Å²) < 4.78 is 19.7. The minimum absolute atomic E-state index is 0.0818. The lowest BCUT2D eigenvalue weighted by Gasteiger charge is -2.13. The summed E-state index contributed by atoms with van der Waals surface area (Å²) in [5, 5.41) is 15.6. The monoisotopic (exact) mass is 442 g/mol. The third-order valence-corrected chi connectivity index (χ3v) is 5.02. The van der Waals surface area contributed by atoms with E-state index in [9.17, 15) is 23.9 Å². The summed E-state index contributed by atoms with van der Waals surface area (Å²) in [5.41, 5.74) is 0.678. The number of aromatic nitrogens is 2. The highest BCUT2D eigenvalue weighted by atomic mass is 19.1. The zero-order valence-corrected chi connectivity index (χ0v) is 17.9. The number of benzene rings is 1. The number of amides is 2. The minimum atomic E-state index is -0.727. The molecule has 0 fully saturated rings. The number of fused-ring (bicyclic) bond motifs is 1. The second-order valence-electron chi connectivity index (χ2n) is 7.11. The number of nitrogens with zero attached hydrogens (tertiary/aromatic N) is 2. The van der Waals surface area contributed by atoms with Gasteiger partial charge in [-0.1, -0.05) is 6.07 Å². The Kier molecular flexibility index (Phi) is 6.84. The van der Waals surface area contributed by atoms with Crippen molar-refractivity contribution >= 4 is 22.8 Å². The molecule has 3 N–H and O–H groups in total. The lowest BCUT2D eigenvalue weighted by atomic mass is 9.99. The van der Waals surface area contributed by atoms with E-state index in [-0.39, 0.29) is 30.7 Å². The first-order chi connectivity index (χ1) is 15.3. The summed E-state index contributed by atoms with van der Waals surface area (Å²) in [5.74, 6) is -2.21. The molecule has 0 aliphatic heterocycles. The number of nitrogens with one attached hydrogen (secondary N) is 2. The first-order valence-electron chi connectivity index (χ1n) is 9.76. The van der Waals surface area contributed by atoms with Crippen LogP contribution in [0, 0.1) is 5.82 Å². The number of ether oxygens (including phenoxy) is 1. The van der Waals surface area contributed by atoms with E-state index in [2.05, 4.69) is 15.6 Å². The maximum Gasteiger partial charge on any atom is 0.267 e.